The summed E-state index contributed by atoms with van der Waals surface area (Å²) in [4.78, 5) is 0. The summed E-state index contributed by atoms with van der Waals surface area (Å²) in [6, 6.07) is 0. The second kappa shape index (κ2) is 11.0. The minimum absolute atomic E-state index is 0.739. The van der Waals surface area contributed by atoms with Crippen LogP contribution in [0.3, 0.4) is 0 Å². The summed E-state index contributed by atoms with van der Waals surface area (Å²) in [6.07, 6.45) is -24.0. The van der Waals surface area contributed by atoms with Gasteiger partial charge in [0.05, 0.1) is 19.3 Å². The molecule has 3 aliphatic rings. The van der Waals surface area contributed by atoms with Crippen molar-refractivity contribution in [3.8, 4) is 0 Å². The highest BCUT2D eigenvalue weighted by Gasteiger charge is 2.53. The molecule has 10 N–H and O–H groups in total. The van der Waals surface area contributed by atoms with Gasteiger partial charge in [0.25, 0.3) is 0 Å². The van der Waals surface area contributed by atoms with Gasteiger partial charge in [0.2, 0.25) is 0 Å². The smallest absolute Gasteiger partial charge is 0.187 e. The SMILES string of the molecule is C[C@@H]1O[C@@H](O[C@H]2[C@@H](O[C@@H]3O[C@H](CO)[C@@H](O)[C@H](O)[C@H]3O)[C@@H](CO)OC(O)[C@@H]2O)[C@@H](O)[C@H](O)[C@@H]1O. The zero-order valence-corrected chi connectivity index (χ0v) is 17.6. The molecule has 15 atom stereocenters. The zero-order valence-electron chi connectivity index (χ0n) is 17.6. The van der Waals surface area contributed by atoms with Crippen molar-refractivity contribution in [2.75, 3.05) is 13.2 Å². The maximum absolute atomic E-state index is 10.5. The predicted molar refractivity (Wildman–Crippen MR) is 99.8 cm³/mol. The third-order valence-electron chi connectivity index (χ3n) is 6.05. The van der Waals surface area contributed by atoms with E-state index in [-0.39, 0.29) is 0 Å². The van der Waals surface area contributed by atoms with Crippen LogP contribution in [0.5, 0.6) is 0 Å². The van der Waals surface area contributed by atoms with Gasteiger partial charge in [0, 0.05) is 0 Å². The Bertz CT molecular complexity index is 624. The van der Waals surface area contributed by atoms with E-state index in [4.69, 9.17) is 23.7 Å². The summed E-state index contributed by atoms with van der Waals surface area (Å²) in [5.41, 5.74) is 0. The van der Waals surface area contributed by atoms with E-state index < -0.39 is 105 Å². The van der Waals surface area contributed by atoms with E-state index in [0.717, 1.165) is 0 Å². The lowest BCUT2D eigenvalue weighted by Crippen LogP contribution is -2.66. The third-order valence-corrected chi connectivity index (χ3v) is 6.05. The lowest BCUT2D eigenvalue weighted by molar-refractivity contribution is -0.382. The van der Waals surface area contributed by atoms with E-state index in [9.17, 15) is 51.1 Å². The molecule has 3 aliphatic heterocycles. The van der Waals surface area contributed by atoms with Gasteiger partial charge in [-0.05, 0) is 6.92 Å². The molecular weight excluding hydrogens is 456 g/mol. The van der Waals surface area contributed by atoms with Crippen LogP contribution in [-0.2, 0) is 23.7 Å². The molecule has 1 unspecified atom stereocenters. The van der Waals surface area contributed by atoms with Crippen LogP contribution in [0.25, 0.3) is 0 Å². The van der Waals surface area contributed by atoms with Crippen molar-refractivity contribution in [3.05, 3.63) is 0 Å². The van der Waals surface area contributed by atoms with E-state index in [2.05, 4.69) is 0 Å². The Morgan fingerprint density at radius 2 is 1.06 bits per heavy atom. The van der Waals surface area contributed by atoms with E-state index in [0.29, 0.717) is 0 Å². The summed E-state index contributed by atoms with van der Waals surface area (Å²) in [7, 11) is 0. The fourth-order valence-electron chi connectivity index (χ4n) is 3.99. The molecule has 0 bridgehead atoms. The Morgan fingerprint density at radius 1 is 0.545 bits per heavy atom. The van der Waals surface area contributed by atoms with Gasteiger partial charge in [0.15, 0.2) is 18.9 Å². The average molecular weight is 488 g/mol. The molecule has 3 heterocycles. The van der Waals surface area contributed by atoms with E-state index in [1.807, 2.05) is 0 Å². The van der Waals surface area contributed by atoms with Crippen molar-refractivity contribution >= 4 is 0 Å². The molecule has 0 amide bonds. The Labute approximate surface area is 187 Å². The van der Waals surface area contributed by atoms with Gasteiger partial charge >= 0.3 is 0 Å². The number of aliphatic hydroxyl groups is 10. The van der Waals surface area contributed by atoms with Crippen molar-refractivity contribution in [3.63, 3.8) is 0 Å². The monoisotopic (exact) mass is 488 g/mol. The van der Waals surface area contributed by atoms with Gasteiger partial charge in [-0.25, -0.2) is 0 Å². The lowest BCUT2D eigenvalue weighted by atomic mass is 9.96. The topological polar surface area (TPSA) is 248 Å². The number of hydrogen-bond acceptors (Lipinski definition) is 15. The summed E-state index contributed by atoms with van der Waals surface area (Å²) >= 11 is 0. The van der Waals surface area contributed by atoms with Gasteiger partial charge in [-0.15, -0.1) is 0 Å². The molecule has 0 spiro atoms. The first-order valence-electron chi connectivity index (χ1n) is 10.4. The van der Waals surface area contributed by atoms with Crippen LogP contribution in [0.1, 0.15) is 6.92 Å². The minimum Gasteiger partial charge on any atom is -0.394 e. The highest BCUT2D eigenvalue weighted by atomic mass is 16.8. The van der Waals surface area contributed by atoms with Gasteiger partial charge in [0.1, 0.15) is 67.1 Å². The first-order valence-corrected chi connectivity index (χ1v) is 10.4. The molecule has 3 fully saturated rings. The molecular formula is C18H32O15. The Balaban J connectivity index is 1.83. The highest BCUT2D eigenvalue weighted by Crippen LogP contribution is 2.32. The molecule has 194 valence electrons. The number of hydrogen-bond donors (Lipinski definition) is 10. The Kier molecular flexibility index (Phi) is 8.99. The molecule has 0 aromatic heterocycles. The zero-order chi connectivity index (χ0) is 24.6. The van der Waals surface area contributed by atoms with Crippen molar-refractivity contribution < 1.29 is 74.7 Å². The molecule has 0 aliphatic carbocycles. The molecule has 15 heteroatoms. The standard InChI is InChI=1S/C18H32O15/c1-4-7(21)9(23)11(25)17(29-4)33-15-13(27)16(28)30-6(3-20)14(15)32-18-12(26)10(24)8(22)5(2-19)31-18/h4-28H,2-3H2,1H3/t4-,5+,6+,7+,8+,9+,10-,11-,12+,13+,14-,15+,16?,17-,18-/m0/s1. The summed E-state index contributed by atoms with van der Waals surface area (Å²) in [5.74, 6) is 0. The van der Waals surface area contributed by atoms with Gasteiger partial charge in [-0.2, -0.15) is 0 Å². The number of rotatable bonds is 6. The Morgan fingerprint density at radius 3 is 1.64 bits per heavy atom. The minimum atomic E-state index is -1.88. The van der Waals surface area contributed by atoms with Crippen molar-refractivity contribution in [1.29, 1.82) is 0 Å². The summed E-state index contributed by atoms with van der Waals surface area (Å²) < 4.78 is 26.9. The lowest BCUT2D eigenvalue weighted by Gasteiger charge is -2.48. The van der Waals surface area contributed by atoms with Gasteiger partial charge in [-0.3, -0.25) is 0 Å². The maximum atomic E-state index is 10.5. The fourth-order valence-corrected chi connectivity index (χ4v) is 3.99. The van der Waals surface area contributed by atoms with Crippen LogP contribution in [0.4, 0.5) is 0 Å². The highest BCUT2D eigenvalue weighted by molar-refractivity contribution is 4.96. The van der Waals surface area contributed by atoms with E-state index >= 15 is 0 Å². The average Bonchev–Trinajstić information content (AvgIpc) is 2.80. The van der Waals surface area contributed by atoms with Crippen LogP contribution < -0.4 is 0 Å². The Hall–Kier alpha value is -0.600. The normalized spacial score (nSPS) is 53.7. The molecule has 15 nitrogen and oxygen atoms in total. The molecule has 0 saturated carbocycles. The first kappa shape index (κ1) is 27.0. The van der Waals surface area contributed by atoms with Crippen LogP contribution in [0.15, 0.2) is 0 Å². The molecule has 3 saturated heterocycles. The van der Waals surface area contributed by atoms with Gasteiger partial charge < -0.3 is 74.7 Å². The van der Waals surface area contributed by atoms with E-state index in [1.54, 1.807) is 0 Å². The maximum Gasteiger partial charge on any atom is 0.187 e. The second-order valence-corrected chi connectivity index (χ2v) is 8.32. The largest absolute Gasteiger partial charge is 0.394 e. The third kappa shape index (κ3) is 5.32. The van der Waals surface area contributed by atoms with Crippen LogP contribution in [0.2, 0.25) is 0 Å². The molecule has 33 heavy (non-hydrogen) atoms. The molecule has 0 aromatic rings. The molecule has 0 radical (unpaired) electrons. The quantitative estimate of drug-likeness (QED) is 0.167. The van der Waals surface area contributed by atoms with Crippen molar-refractivity contribution in [2.45, 2.75) is 99.0 Å². The van der Waals surface area contributed by atoms with Crippen LogP contribution >= 0.6 is 0 Å². The number of ether oxygens (including phenoxy) is 5. The van der Waals surface area contributed by atoms with Crippen molar-refractivity contribution in [2.24, 2.45) is 0 Å². The predicted octanol–water partition coefficient (Wildman–Crippen LogP) is -6.55. The van der Waals surface area contributed by atoms with Gasteiger partial charge in [-0.1, -0.05) is 0 Å². The van der Waals surface area contributed by atoms with Crippen molar-refractivity contribution in [1.82, 2.24) is 0 Å². The number of aliphatic hydroxyl groups excluding tert-OH is 10. The summed E-state index contributed by atoms with van der Waals surface area (Å²) in [6.45, 7) is -0.127. The van der Waals surface area contributed by atoms with Crippen LogP contribution in [-0.4, -0.2) is 156 Å². The summed E-state index contributed by atoms with van der Waals surface area (Å²) in [5, 5.41) is 99.8. The first-order chi connectivity index (χ1) is 15.5. The second-order valence-electron chi connectivity index (χ2n) is 8.32. The fraction of sp³-hybridized carbons (Fsp3) is 1.00. The molecule has 3 rings (SSSR count). The van der Waals surface area contributed by atoms with Crippen LogP contribution in [0, 0.1) is 0 Å². The van der Waals surface area contributed by atoms with E-state index in [1.165, 1.54) is 6.92 Å². The molecule has 0 aromatic carbocycles.